The largest absolute Gasteiger partial charge is 0.416 e. The highest BCUT2D eigenvalue weighted by Crippen LogP contribution is 2.29. The molecule has 2 aromatic rings. The second kappa shape index (κ2) is 5.32. The monoisotopic (exact) mass is 280 g/mol. The second-order valence-corrected chi connectivity index (χ2v) is 4.16. The number of Topliss-reactive ketones (excluding diaryl/α,β-unsaturated/α-hetero) is 1. The Morgan fingerprint density at radius 2 is 1.90 bits per heavy atom. The summed E-state index contributed by atoms with van der Waals surface area (Å²) in [5, 5.41) is 3.94. The molecule has 2 rings (SSSR count). The van der Waals surface area contributed by atoms with E-state index in [0.717, 1.165) is 12.1 Å². The van der Waals surface area contributed by atoms with Crippen molar-refractivity contribution in [2.24, 2.45) is 0 Å². The van der Waals surface area contributed by atoms with Crippen molar-refractivity contribution < 1.29 is 18.0 Å². The Kier molecular flexibility index (Phi) is 3.74. The Balaban J connectivity index is 2.35. The minimum atomic E-state index is -4.37. The molecule has 1 heterocycles. The van der Waals surface area contributed by atoms with E-state index in [1.807, 2.05) is 0 Å². The first kappa shape index (κ1) is 14.0. The number of rotatable bonds is 3. The van der Waals surface area contributed by atoms with Crippen LogP contribution in [0.4, 0.5) is 13.2 Å². The van der Waals surface area contributed by atoms with Crippen molar-refractivity contribution in [2.75, 3.05) is 0 Å². The van der Waals surface area contributed by atoms with E-state index in [1.54, 1.807) is 12.3 Å². The normalized spacial score (nSPS) is 12.5. The van der Waals surface area contributed by atoms with E-state index in [4.69, 9.17) is 0 Å². The number of carbonyl (C=O) groups excluding carboxylic acids is 1. The van der Waals surface area contributed by atoms with Crippen LogP contribution in [0.25, 0.3) is 11.8 Å². The first-order valence-corrected chi connectivity index (χ1v) is 5.78. The maximum Gasteiger partial charge on any atom is 0.416 e. The molecular formula is C14H11F3N2O. The number of hydrogen-bond donors (Lipinski definition) is 0. The number of halogens is 3. The van der Waals surface area contributed by atoms with Crippen molar-refractivity contribution in [2.45, 2.75) is 13.1 Å². The number of aromatic nitrogens is 2. The molecule has 0 spiro atoms. The average Bonchev–Trinajstić information content (AvgIpc) is 2.88. The third-order valence-corrected chi connectivity index (χ3v) is 2.65. The summed E-state index contributed by atoms with van der Waals surface area (Å²) in [6.45, 7) is 1.37. The van der Waals surface area contributed by atoms with Gasteiger partial charge in [0.25, 0.3) is 0 Å². The molecule has 0 unspecified atom stereocenters. The van der Waals surface area contributed by atoms with E-state index in [9.17, 15) is 18.0 Å². The highest BCUT2D eigenvalue weighted by Gasteiger charge is 2.29. The Hall–Kier alpha value is -2.37. The quantitative estimate of drug-likeness (QED) is 0.807. The van der Waals surface area contributed by atoms with Crippen molar-refractivity contribution >= 4 is 17.6 Å². The smallest absolute Gasteiger partial charge is 0.293 e. The van der Waals surface area contributed by atoms with Crippen LogP contribution in [0.2, 0.25) is 0 Å². The topological polar surface area (TPSA) is 34.9 Å². The summed E-state index contributed by atoms with van der Waals surface area (Å²) in [6.07, 6.45) is 0.240. The zero-order valence-electron chi connectivity index (χ0n) is 10.6. The van der Waals surface area contributed by atoms with Crippen LogP contribution in [0.15, 0.2) is 42.7 Å². The minimum absolute atomic E-state index is 0.228. The highest BCUT2D eigenvalue weighted by molar-refractivity contribution is 6.18. The van der Waals surface area contributed by atoms with E-state index in [1.165, 1.54) is 36.0 Å². The summed E-state index contributed by atoms with van der Waals surface area (Å²) in [5.74, 6) is -0.228. The molecule has 20 heavy (non-hydrogen) atoms. The van der Waals surface area contributed by atoms with Crippen LogP contribution in [0.3, 0.4) is 0 Å². The number of ketones is 1. The van der Waals surface area contributed by atoms with Crippen LogP contribution in [0.1, 0.15) is 18.1 Å². The summed E-state index contributed by atoms with van der Waals surface area (Å²) >= 11 is 0. The number of carbonyl (C=O) groups is 1. The third kappa shape index (κ3) is 3.14. The Morgan fingerprint density at radius 1 is 1.25 bits per heavy atom. The number of nitrogens with zero attached hydrogens (tertiary/aromatic N) is 2. The lowest BCUT2D eigenvalue weighted by atomic mass is 10.1. The van der Waals surface area contributed by atoms with Gasteiger partial charge in [-0.25, -0.2) is 4.68 Å². The number of alkyl halides is 3. The van der Waals surface area contributed by atoms with E-state index in [0.29, 0.717) is 5.56 Å². The molecule has 0 saturated heterocycles. The van der Waals surface area contributed by atoms with Gasteiger partial charge in [0.15, 0.2) is 5.78 Å². The molecule has 0 amide bonds. The van der Waals surface area contributed by atoms with Gasteiger partial charge in [0.1, 0.15) is 5.70 Å². The van der Waals surface area contributed by atoms with Crippen LogP contribution in [-0.2, 0) is 11.0 Å². The predicted molar refractivity (Wildman–Crippen MR) is 68.5 cm³/mol. The summed E-state index contributed by atoms with van der Waals surface area (Å²) in [4.78, 5) is 11.6. The Bertz CT molecular complexity index is 625. The van der Waals surface area contributed by atoms with E-state index >= 15 is 0 Å². The van der Waals surface area contributed by atoms with Crippen LogP contribution in [0.5, 0.6) is 0 Å². The van der Waals surface area contributed by atoms with E-state index < -0.39 is 11.7 Å². The molecule has 1 aromatic carbocycles. The molecule has 0 atom stereocenters. The molecule has 0 fully saturated rings. The zero-order valence-corrected chi connectivity index (χ0v) is 10.6. The van der Waals surface area contributed by atoms with Gasteiger partial charge < -0.3 is 0 Å². The highest BCUT2D eigenvalue weighted by atomic mass is 19.4. The van der Waals surface area contributed by atoms with Crippen molar-refractivity contribution in [1.29, 1.82) is 0 Å². The number of benzene rings is 1. The maximum absolute atomic E-state index is 12.4. The summed E-state index contributed by atoms with van der Waals surface area (Å²) in [6, 6.07) is 6.24. The summed E-state index contributed by atoms with van der Waals surface area (Å²) in [5.41, 5.74) is 0.0616. The third-order valence-electron chi connectivity index (χ3n) is 2.65. The van der Waals surface area contributed by atoms with Gasteiger partial charge in [-0.1, -0.05) is 12.1 Å². The van der Waals surface area contributed by atoms with Gasteiger partial charge in [-0.05, 0) is 29.8 Å². The molecule has 3 nitrogen and oxygen atoms in total. The predicted octanol–water partition coefficient (Wildman–Crippen LogP) is 3.49. The van der Waals surface area contributed by atoms with Gasteiger partial charge in [-0.3, -0.25) is 4.79 Å². The van der Waals surface area contributed by atoms with Crippen LogP contribution < -0.4 is 0 Å². The van der Waals surface area contributed by atoms with Gasteiger partial charge in [-0.2, -0.15) is 18.3 Å². The van der Waals surface area contributed by atoms with E-state index in [2.05, 4.69) is 5.10 Å². The number of allylic oxidation sites excluding steroid dienone is 1. The molecule has 0 bridgehead atoms. The van der Waals surface area contributed by atoms with Gasteiger partial charge in [0, 0.05) is 19.3 Å². The van der Waals surface area contributed by atoms with Gasteiger partial charge in [0.2, 0.25) is 0 Å². The van der Waals surface area contributed by atoms with Crippen molar-refractivity contribution in [3.63, 3.8) is 0 Å². The summed E-state index contributed by atoms with van der Waals surface area (Å²) in [7, 11) is 0. The van der Waals surface area contributed by atoms with Crippen molar-refractivity contribution in [1.82, 2.24) is 9.78 Å². The molecule has 1 aromatic heterocycles. The van der Waals surface area contributed by atoms with Crippen molar-refractivity contribution in [3.05, 3.63) is 53.9 Å². The molecule has 104 valence electrons. The fourth-order valence-electron chi connectivity index (χ4n) is 1.67. The molecule has 0 N–H and O–H groups in total. The zero-order chi connectivity index (χ0) is 14.8. The SMILES string of the molecule is CC(=O)/C(=C/c1ccc(C(F)(F)F)cc1)n1cccn1. The molecule has 0 saturated carbocycles. The first-order chi connectivity index (χ1) is 9.38. The fourth-order valence-corrected chi connectivity index (χ4v) is 1.67. The standard InChI is InChI=1S/C14H11F3N2O/c1-10(20)13(19-8-2-7-18-19)9-11-3-5-12(6-4-11)14(15,16)17/h2-9H,1H3/b13-9-. The number of hydrogen-bond acceptors (Lipinski definition) is 2. The van der Waals surface area contributed by atoms with Crippen LogP contribution >= 0.6 is 0 Å². The summed E-state index contributed by atoms with van der Waals surface area (Å²) < 4.78 is 38.7. The molecule has 6 heteroatoms. The van der Waals surface area contributed by atoms with E-state index in [-0.39, 0.29) is 11.5 Å². The molecule has 0 aliphatic heterocycles. The van der Waals surface area contributed by atoms with Crippen LogP contribution in [-0.4, -0.2) is 15.6 Å². The van der Waals surface area contributed by atoms with Crippen molar-refractivity contribution in [3.8, 4) is 0 Å². The average molecular weight is 280 g/mol. The Labute approximate surface area is 113 Å². The molecule has 0 aliphatic carbocycles. The fraction of sp³-hybridized carbons (Fsp3) is 0.143. The van der Waals surface area contributed by atoms with Gasteiger partial charge in [-0.15, -0.1) is 0 Å². The van der Waals surface area contributed by atoms with Gasteiger partial charge in [0.05, 0.1) is 5.56 Å². The molecule has 0 aliphatic rings. The molecular weight excluding hydrogens is 269 g/mol. The minimum Gasteiger partial charge on any atom is -0.293 e. The lowest BCUT2D eigenvalue weighted by Gasteiger charge is -2.07. The van der Waals surface area contributed by atoms with Gasteiger partial charge >= 0.3 is 6.18 Å². The maximum atomic E-state index is 12.4. The lowest BCUT2D eigenvalue weighted by Crippen LogP contribution is -2.06. The lowest BCUT2D eigenvalue weighted by molar-refractivity contribution is -0.137. The van der Waals surface area contributed by atoms with Crippen LogP contribution in [0, 0.1) is 0 Å². The Morgan fingerprint density at radius 3 is 2.35 bits per heavy atom. The second-order valence-electron chi connectivity index (χ2n) is 4.16. The molecule has 0 radical (unpaired) electrons. The first-order valence-electron chi connectivity index (χ1n) is 5.78.